The van der Waals surface area contributed by atoms with Gasteiger partial charge in [0.05, 0.1) is 11.4 Å². The van der Waals surface area contributed by atoms with Gasteiger partial charge < -0.3 is 0 Å². The molecule has 1 heterocycles. The van der Waals surface area contributed by atoms with Gasteiger partial charge in [0.2, 0.25) is 5.13 Å². The largest absolute Gasteiger partial charge is 0.252 e. The van der Waals surface area contributed by atoms with E-state index in [2.05, 4.69) is 57.3 Å². The number of fused-ring (bicyclic) bond motifs is 1. The lowest BCUT2D eigenvalue weighted by Gasteiger charge is -2.00. The lowest BCUT2D eigenvalue weighted by Crippen LogP contribution is -1.99. The maximum absolute atomic E-state index is 4.60. The fraction of sp³-hybridized carbons (Fsp3) is 0.111. The van der Waals surface area contributed by atoms with Crippen LogP contribution in [0.1, 0.15) is 17.5 Å². The summed E-state index contributed by atoms with van der Waals surface area (Å²) in [5.74, 6) is 0. The zero-order valence-electron chi connectivity index (χ0n) is 12.4. The number of hydrogen-bond donors (Lipinski definition) is 1. The van der Waals surface area contributed by atoms with Crippen LogP contribution < -0.4 is 5.43 Å². The molecule has 0 spiro atoms. The van der Waals surface area contributed by atoms with E-state index in [1.165, 1.54) is 11.1 Å². The second kappa shape index (κ2) is 6.94. The molecule has 1 N–H and O–H groups in total. The first-order valence-corrected chi connectivity index (χ1v) is 8.20. The van der Waals surface area contributed by atoms with Crippen LogP contribution in [-0.4, -0.2) is 10.7 Å². The van der Waals surface area contributed by atoms with Crippen molar-refractivity contribution in [2.75, 3.05) is 5.43 Å². The van der Waals surface area contributed by atoms with E-state index in [0.717, 1.165) is 34.9 Å². The van der Waals surface area contributed by atoms with Gasteiger partial charge in [-0.25, -0.2) is 4.98 Å². The second-order valence-corrected chi connectivity index (χ2v) is 6.09. The number of thiazole rings is 1. The highest BCUT2D eigenvalue weighted by molar-refractivity contribution is 7.14. The van der Waals surface area contributed by atoms with E-state index in [9.17, 15) is 0 Å². The number of nitrogens with zero attached hydrogens (tertiary/aromatic N) is 2. The monoisotopic (exact) mass is 341 g/mol. The minimum Gasteiger partial charge on any atom is -0.252 e. The molecule has 0 aliphatic heterocycles. The Morgan fingerprint density at radius 1 is 0.957 bits per heavy atom. The third-order valence-electron chi connectivity index (χ3n) is 3.82. The van der Waals surface area contributed by atoms with Crippen LogP contribution in [0.4, 0.5) is 5.13 Å². The summed E-state index contributed by atoms with van der Waals surface area (Å²) in [6.45, 7) is 0. The van der Waals surface area contributed by atoms with Crippen LogP contribution >= 0.6 is 23.7 Å². The Morgan fingerprint density at radius 3 is 2.61 bits per heavy atom. The number of aryl methyl sites for hydroxylation is 1. The molecule has 23 heavy (non-hydrogen) atoms. The van der Waals surface area contributed by atoms with Gasteiger partial charge in [-0.1, -0.05) is 54.6 Å². The normalized spacial score (nSPS) is 14.3. The van der Waals surface area contributed by atoms with Crippen LogP contribution in [0, 0.1) is 0 Å². The number of nitrogens with one attached hydrogen (secondary N) is 1. The van der Waals surface area contributed by atoms with E-state index in [1.54, 1.807) is 11.3 Å². The highest BCUT2D eigenvalue weighted by Crippen LogP contribution is 2.26. The van der Waals surface area contributed by atoms with Gasteiger partial charge in [-0.05, 0) is 18.4 Å². The van der Waals surface area contributed by atoms with Crippen molar-refractivity contribution in [2.45, 2.75) is 12.8 Å². The van der Waals surface area contributed by atoms with E-state index < -0.39 is 0 Å². The lowest BCUT2D eigenvalue weighted by atomic mass is 10.1. The van der Waals surface area contributed by atoms with Crippen molar-refractivity contribution in [2.24, 2.45) is 5.10 Å². The van der Waals surface area contributed by atoms with Crippen molar-refractivity contribution < 1.29 is 0 Å². The maximum Gasteiger partial charge on any atom is 0.203 e. The third kappa shape index (κ3) is 3.28. The number of halogens is 1. The zero-order valence-corrected chi connectivity index (χ0v) is 14.0. The van der Waals surface area contributed by atoms with Crippen molar-refractivity contribution in [3.8, 4) is 11.3 Å². The topological polar surface area (TPSA) is 37.3 Å². The molecule has 0 amide bonds. The first-order chi connectivity index (χ1) is 10.9. The van der Waals surface area contributed by atoms with Gasteiger partial charge in [-0.3, -0.25) is 5.43 Å². The molecule has 3 aromatic rings. The Bertz CT molecular complexity index is 827. The second-order valence-electron chi connectivity index (χ2n) is 5.23. The fourth-order valence-electron chi connectivity index (χ4n) is 2.71. The molecule has 1 aliphatic carbocycles. The smallest absolute Gasteiger partial charge is 0.203 e. The van der Waals surface area contributed by atoms with Crippen LogP contribution in [0.3, 0.4) is 0 Å². The summed E-state index contributed by atoms with van der Waals surface area (Å²) in [6.07, 6.45) is 2.06. The first-order valence-electron chi connectivity index (χ1n) is 7.32. The summed E-state index contributed by atoms with van der Waals surface area (Å²) in [5.41, 5.74) is 8.99. The predicted molar refractivity (Wildman–Crippen MR) is 99.7 cm³/mol. The average molecular weight is 342 g/mol. The van der Waals surface area contributed by atoms with Gasteiger partial charge in [0.1, 0.15) is 0 Å². The van der Waals surface area contributed by atoms with Crippen LogP contribution in [-0.2, 0) is 6.42 Å². The first kappa shape index (κ1) is 15.7. The maximum atomic E-state index is 4.60. The molecule has 0 saturated carbocycles. The van der Waals surface area contributed by atoms with Gasteiger partial charge in [-0.2, -0.15) is 5.10 Å². The molecule has 0 fully saturated rings. The SMILES string of the molecule is Cl.c1ccc(-c2csc(N/N=C3\CCc4ccccc43)n2)cc1. The summed E-state index contributed by atoms with van der Waals surface area (Å²) in [4.78, 5) is 4.60. The Labute approximate surface area is 145 Å². The molecule has 1 aromatic heterocycles. The molecule has 2 aromatic carbocycles. The summed E-state index contributed by atoms with van der Waals surface area (Å²) in [5, 5.41) is 7.44. The van der Waals surface area contributed by atoms with Crippen molar-refractivity contribution in [1.29, 1.82) is 0 Å². The highest BCUT2D eigenvalue weighted by atomic mass is 35.5. The van der Waals surface area contributed by atoms with Crippen molar-refractivity contribution in [3.05, 3.63) is 71.1 Å². The van der Waals surface area contributed by atoms with E-state index in [4.69, 9.17) is 0 Å². The van der Waals surface area contributed by atoms with E-state index >= 15 is 0 Å². The molecule has 116 valence electrons. The number of rotatable bonds is 3. The van der Waals surface area contributed by atoms with Crippen LogP contribution in [0.5, 0.6) is 0 Å². The van der Waals surface area contributed by atoms with Crippen LogP contribution in [0.15, 0.2) is 65.1 Å². The number of benzene rings is 2. The summed E-state index contributed by atoms with van der Waals surface area (Å²) < 4.78 is 0. The molecular formula is C18H16ClN3S. The third-order valence-corrected chi connectivity index (χ3v) is 4.57. The average Bonchev–Trinajstić information content (AvgIpc) is 3.21. The number of hydrazone groups is 1. The molecule has 0 atom stereocenters. The number of hydrogen-bond acceptors (Lipinski definition) is 4. The molecule has 3 nitrogen and oxygen atoms in total. The molecular weight excluding hydrogens is 326 g/mol. The van der Waals surface area contributed by atoms with Crippen molar-refractivity contribution in [3.63, 3.8) is 0 Å². The number of anilines is 1. The quantitative estimate of drug-likeness (QED) is 0.681. The molecule has 4 rings (SSSR count). The van der Waals surface area contributed by atoms with Gasteiger partial charge >= 0.3 is 0 Å². The van der Waals surface area contributed by atoms with Gasteiger partial charge in [0.25, 0.3) is 0 Å². The Kier molecular flexibility index (Phi) is 4.74. The van der Waals surface area contributed by atoms with E-state index in [0.29, 0.717) is 0 Å². The molecule has 1 aliphatic rings. The Hall–Kier alpha value is -2.17. The van der Waals surface area contributed by atoms with Crippen LogP contribution in [0.2, 0.25) is 0 Å². The van der Waals surface area contributed by atoms with E-state index in [-0.39, 0.29) is 12.4 Å². The van der Waals surface area contributed by atoms with E-state index in [1.807, 2.05) is 18.2 Å². The summed E-state index contributed by atoms with van der Waals surface area (Å²) >= 11 is 1.58. The molecule has 0 unspecified atom stereocenters. The van der Waals surface area contributed by atoms with Crippen molar-refractivity contribution >= 4 is 34.6 Å². The highest BCUT2D eigenvalue weighted by Gasteiger charge is 2.16. The van der Waals surface area contributed by atoms with Gasteiger partial charge in [0.15, 0.2) is 0 Å². The molecule has 5 heteroatoms. The standard InChI is InChI=1S/C18H15N3S.ClH/c1-2-7-14(8-3-1)17-12-22-18(19-17)21-20-16-11-10-13-6-4-5-9-15(13)16;/h1-9,12H,10-11H2,(H,19,21);1H/b20-16+;. The minimum absolute atomic E-state index is 0. The van der Waals surface area contributed by atoms with Crippen LogP contribution in [0.25, 0.3) is 11.3 Å². The minimum atomic E-state index is 0. The Balaban J connectivity index is 0.00000156. The van der Waals surface area contributed by atoms with Gasteiger partial charge in [-0.15, -0.1) is 23.7 Å². The van der Waals surface area contributed by atoms with Gasteiger partial charge in [0, 0.05) is 16.5 Å². The molecule has 0 saturated heterocycles. The molecule has 0 radical (unpaired) electrons. The fourth-order valence-corrected chi connectivity index (χ4v) is 3.37. The summed E-state index contributed by atoms with van der Waals surface area (Å²) in [7, 11) is 0. The summed E-state index contributed by atoms with van der Waals surface area (Å²) in [6, 6.07) is 18.7. The Morgan fingerprint density at radius 2 is 1.74 bits per heavy atom. The molecule has 0 bridgehead atoms. The predicted octanol–water partition coefficient (Wildman–Crippen LogP) is 4.99. The zero-order chi connectivity index (χ0) is 14.8. The lowest BCUT2D eigenvalue weighted by molar-refractivity contribution is 1.09. The van der Waals surface area contributed by atoms with Crippen molar-refractivity contribution in [1.82, 2.24) is 4.98 Å². The number of aromatic nitrogens is 1.